The van der Waals surface area contributed by atoms with Crippen molar-refractivity contribution in [2.45, 2.75) is 11.4 Å². The lowest BCUT2D eigenvalue weighted by molar-refractivity contribution is 0.0879. The lowest BCUT2D eigenvalue weighted by atomic mass is 10.1. The number of nitrogens with one attached hydrogen (secondary N) is 2. The van der Waals surface area contributed by atoms with Gasteiger partial charge in [0, 0.05) is 18.0 Å². The molecule has 1 aliphatic rings. The van der Waals surface area contributed by atoms with Crippen LogP contribution in [0.15, 0.2) is 76.6 Å². The summed E-state index contributed by atoms with van der Waals surface area (Å²) in [5.41, 5.74) is 1.21. The fraction of sp³-hybridized carbons (Fsp3) is 0.0500. The van der Waals surface area contributed by atoms with Crippen LogP contribution in [0.4, 0.5) is 5.69 Å². The normalized spacial score (nSPS) is 13.1. The van der Waals surface area contributed by atoms with Crippen LogP contribution in [0, 0.1) is 0 Å². The van der Waals surface area contributed by atoms with Crippen molar-refractivity contribution in [1.29, 1.82) is 0 Å². The van der Waals surface area contributed by atoms with E-state index in [-0.39, 0.29) is 21.6 Å². The van der Waals surface area contributed by atoms with E-state index in [1.165, 1.54) is 28.8 Å². The summed E-state index contributed by atoms with van der Waals surface area (Å²) in [5, 5.41) is 2.12. The Bertz CT molecular complexity index is 1290. The summed E-state index contributed by atoms with van der Waals surface area (Å²) in [6, 6.07) is 15.2. The maximum absolute atomic E-state index is 12.6. The van der Waals surface area contributed by atoms with Gasteiger partial charge in [0.2, 0.25) is 0 Å². The molecule has 2 N–H and O–H groups in total. The first-order valence-electron chi connectivity index (χ1n) is 8.60. The highest BCUT2D eigenvalue weighted by molar-refractivity contribution is 7.92. The van der Waals surface area contributed by atoms with E-state index in [4.69, 9.17) is 0 Å². The average molecular weight is 409 g/mol. The van der Waals surface area contributed by atoms with Gasteiger partial charge in [0.1, 0.15) is 0 Å². The molecule has 1 aromatic heterocycles. The highest BCUT2D eigenvalue weighted by atomic mass is 32.2. The second-order valence-corrected chi connectivity index (χ2v) is 8.14. The third kappa shape index (κ3) is 3.67. The molecule has 146 valence electrons. The van der Waals surface area contributed by atoms with Crippen LogP contribution >= 0.6 is 0 Å². The maximum Gasteiger partial charge on any atom is 0.261 e. The summed E-state index contributed by atoms with van der Waals surface area (Å²) >= 11 is 0. The van der Waals surface area contributed by atoms with Gasteiger partial charge in [-0.05, 0) is 42.0 Å². The van der Waals surface area contributed by atoms with Gasteiger partial charge in [0.15, 0.2) is 0 Å². The predicted octanol–water partition coefficient (Wildman–Crippen LogP) is 1.58. The Labute approximate surface area is 165 Å². The number of carbonyl (C=O) groups excluding carboxylic acids is 2. The van der Waals surface area contributed by atoms with E-state index in [9.17, 15) is 22.8 Å². The number of imide groups is 1. The molecule has 8 nitrogen and oxygen atoms in total. The molecule has 0 radical (unpaired) electrons. The van der Waals surface area contributed by atoms with Gasteiger partial charge in [-0.15, -0.1) is 0 Å². The molecule has 9 heteroatoms. The highest BCUT2D eigenvalue weighted by Crippen LogP contribution is 2.22. The maximum atomic E-state index is 12.6. The monoisotopic (exact) mass is 409 g/mol. The van der Waals surface area contributed by atoms with E-state index in [0.717, 1.165) is 5.56 Å². The molecule has 3 aromatic rings. The second kappa shape index (κ2) is 7.02. The molecule has 2 amide bonds. The minimum Gasteiger partial charge on any atom is -0.311 e. The van der Waals surface area contributed by atoms with E-state index >= 15 is 0 Å². The molecule has 4 rings (SSSR count). The number of amides is 2. The molecule has 0 saturated carbocycles. The zero-order valence-electron chi connectivity index (χ0n) is 15.0. The first kappa shape index (κ1) is 18.6. The molecular weight excluding hydrogens is 394 g/mol. The van der Waals surface area contributed by atoms with Crippen LogP contribution in [0.1, 0.15) is 26.3 Å². The molecule has 0 unspecified atom stereocenters. The van der Waals surface area contributed by atoms with Gasteiger partial charge in [0.05, 0.1) is 22.6 Å². The molecule has 0 atom stereocenters. The van der Waals surface area contributed by atoms with Gasteiger partial charge in [-0.25, -0.2) is 8.42 Å². The van der Waals surface area contributed by atoms with Crippen LogP contribution in [0.5, 0.6) is 0 Å². The Morgan fingerprint density at radius 3 is 2.31 bits per heavy atom. The summed E-state index contributed by atoms with van der Waals surface area (Å²) in [4.78, 5) is 35.0. The molecule has 0 bridgehead atoms. The van der Waals surface area contributed by atoms with Crippen molar-refractivity contribution in [3.8, 4) is 0 Å². The molecule has 2 heterocycles. The SMILES string of the molecule is O=C1NC(=O)c2cc(S(=O)(=O)Nc3ccc(Cn4ccccc4=O)cc3)ccc21. The largest absolute Gasteiger partial charge is 0.311 e. The Kier molecular flexibility index (Phi) is 4.51. The van der Waals surface area contributed by atoms with Crippen LogP contribution < -0.4 is 15.6 Å². The van der Waals surface area contributed by atoms with Gasteiger partial charge in [-0.1, -0.05) is 18.2 Å². The molecule has 2 aromatic carbocycles. The van der Waals surface area contributed by atoms with Crippen LogP contribution in [-0.4, -0.2) is 24.8 Å². The first-order chi connectivity index (χ1) is 13.8. The van der Waals surface area contributed by atoms with E-state index < -0.39 is 21.8 Å². The quantitative estimate of drug-likeness (QED) is 0.621. The number of fused-ring (bicyclic) bond motifs is 1. The smallest absolute Gasteiger partial charge is 0.261 e. The van der Waals surface area contributed by atoms with Crippen molar-refractivity contribution in [1.82, 2.24) is 9.88 Å². The Hall–Kier alpha value is -3.72. The van der Waals surface area contributed by atoms with Crippen molar-refractivity contribution < 1.29 is 18.0 Å². The number of benzene rings is 2. The Morgan fingerprint density at radius 1 is 0.862 bits per heavy atom. The van der Waals surface area contributed by atoms with Gasteiger partial charge in [-0.2, -0.15) is 0 Å². The highest BCUT2D eigenvalue weighted by Gasteiger charge is 2.28. The number of sulfonamides is 1. The fourth-order valence-corrected chi connectivity index (χ4v) is 4.08. The van der Waals surface area contributed by atoms with Gasteiger partial charge < -0.3 is 4.57 Å². The van der Waals surface area contributed by atoms with Gasteiger partial charge in [0.25, 0.3) is 27.4 Å². The van der Waals surface area contributed by atoms with Crippen molar-refractivity contribution in [3.05, 3.63) is 93.9 Å². The lowest BCUT2D eigenvalue weighted by Crippen LogP contribution is -2.20. The number of pyridine rings is 1. The van der Waals surface area contributed by atoms with Crippen molar-refractivity contribution >= 4 is 27.5 Å². The van der Waals surface area contributed by atoms with Crippen molar-refractivity contribution in [2.75, 3.05) is 4.72 Å². The summed E-state index contributed by atoms with van der Waals surface area (Å²) < 4.78 is 29.3. The third-order valence-corrected chi connectivity index (χ3v) is 5.85. The van der Waals surface area contributed by atoms with Crippen LogP contribution in [0.25, 0.3) is 0 Å². The van der Waals surface area contributed by atoms with E-state index in [1.54, 1.807) is 42.6 Å². The molecule has 0 aliphatic carbocycles. The zero-order valence-corrected chi connectivity index (χ0v) is 15.8. The van der Waals surface area contributed by atoms with E-state index in [2.05, 4.69) is 10.0 Å². The Balaban J connectivity index is 1.54. The fourth-order valence-electron chi connectivity index (χ4n) is 2.99. The minimum atomic E-state index is -3.95. The number of hydrogen-bond donors (Lipinski definition) is 2. The lowest BCUT2D eigenvalue weighted by Gasteiger charge is -2.10. The van der Waals surface area contributed by atoms with Crippen LogP contribution in [-0.2, 0) is 16.6 Å². The molecule has 0 spiro atoms. The number of nitrogens with zero attached hydrogens (tertiary/aromatic N) is 1. The van der Waals surface area contributed by atoms with E-state index in [1.807, 2.05) is 0 Å². The first-order valence-corrected chi connectivity index (χ1v) is 10.1. The standard InChI is InChI=1S/C20H15N3O5S/c24-18-3-1-2-10-23(18)12-13-4-6-14(7-5-13)22-29(27,28)15-8-9-16-17(11-15)20(26)21-19(16)25/h1-11,22H,12H2,(H,21,25,26). The zero-order chi connectivity index (χ0) is 20.6. The topological polar surface area (TPSA) is 114 Å². The second-order valence-electron chi connectivity index (χ2n) is 6.46. The number of anilines is 1. The summed E-state index contributed by atoms with van der Waals surface area (Å²) in [6.45, 7) is 0.362. The summed E-state index contributed by atoms with van der Waals surface area (Å²) in [5.74, 6) is -1.17. The summed E-state index contributed by atoms with van der Waals surface area (Å²) in [7, 11) is -3.95. The number of rotatable bonds is 5. The number of hydrogen-bond acceptors (Lipinski definition) is 5. The van der Waals surface area contributed by atoms with Gasteiger partial charge in [-0.3, -0.25) is 24.4 Å². The van der Waals surface area contributed by atoms with Crippen molar-refractivity contribution in [3.63, 3.8) is 0 Å². The molecule has 0 saturated heterocycles. The molecule has 0 fully saturated rings. The average Bonchev–Trinajstić information content (AvgIpc) is 2.98. The molecular formula is C20H15N3O5S. The van der Waals surface area contributed by atoms with Crippen molar-refractivity contribution in [2.24, 2.45) is 0 Å². The molecule has 1 aliphatic heterocycles. The van der Waals surface area contributed by atoms with Gasteiger partial charge >= 0.3 is 0 Å². The van der Waals surface area contributed by atoms with E-state index in [0.29, 0.717) is 12.2 Å². The summed E-state index contributed by atoms with van der Waals surface area (Å²) in [6.07, 6.45) is 1.67. The Morgan fingerprint density at radius 2 is 1.59 bits per heavy atom. The van der Waals surface area contributed by atoms with Crippen LogP contribution in [0.3, 0.4) is 0 Å². The third-order valence-electron chi connectivity index (χ3n) is 4.48. The number of aromatic nitrogens is 1. The van der Waals surface area contributed by atoms with Crippen LogP contribution in [0.2, 0.25) is 0 Å². The predicted molar refractivity (Wildman–Crippen MR) is 105 cm³/mol. The minimum absolute atomic E-state index is 0.0292. The molecule has 29 heavy (non-hydrogen) atoms. The number of carbonyl (C=O) groups is 2.